The minimum Gasteiger partial charge on any atom is -0.496 e. The predicted molar refractivity (Wildman–Crippen MR) is 87.1 cm³/mol. The highest BCUT2D eigenvalue weighted by Gasteiger charge is 2.22. The topological polar surface area (TPSA) is 33.6 Å². The van der Waals surface area contributed by atoms with Crippen LogP contribution in [0.4, 0.5) is 0 Å². The molecule has 1 N–H and O–H groups in total. The molecule has 0 aliphatic carbocycles. The Bertz CT molecular complexity index is 646. The second-order valence-electron chi connectivity index (χ2n) is 4.30. The van der Waals surface area contributed by atoms with E-state index >= 15 is 0 Å². The van der Waals surface area contributed by atoms with E-state index in [-0.39, 0.29) is 5.37 Å². The Balaban J connectivity index is 1.77. The van der Waals surface area contributed by atoms with Gasteiger partial charge in [0.2, 0.25) is 0 Å². The maximum Gasteiger partial charge on any atom is 0.133 e. The number of hydrogen-bond donors (Lipinski definition) is 1. The number of thioether (sulfide) groups is 1. The Hall–Kier alpha value is -1.46. The number of benzene rings is 2. The Labute approximate surface area is 130 Å². The van der Waals surface area contributed by atoms with Crippen molar-refractivity contribution in [1.29, 1.82) is 0 Å². The number of hydrazone groups is 1. The average Bonchev–Trinajstić information content (AvgIpc) is 2.98. The summed E-state index contributed by atoms with van der Waals surface area (Å²) in [6.45, 7) is 0. The van der Waals surface area contributed by atoms with Crippen molar-refractivity contribution < 1.29 is 4.74 Å². The molecular weight excluding hydrogens is 336 g/mol. The number of halogens is 1. The monoisotopic (exact) mass is 348 g/mol. The largest absolute Gasteiger partial charge is 0.496 e. The van der Waals surface area contributed by atoms with Crippen LogP contribution in [0, 0.1) is 0 Å². The molecule has 102 valence electrons. The molecule has 0 amide bonds. The number of nitrogens with zero attached hydrogens (tertiary/aromatic N) is 1. The molecule has 2 aromatic carbocycles. The number of methoxy groups -OCH3 is 1. The molecule has 0 aromatic heterocycles. The van der Waals surface area contributed by atoms with Crippen LogP contribution in [0.5, 0.6) is 5.75 Å². The van der Waals surface area contributed by atoms with Crippen molar-refractivity contribution in [1.82, 2.24) is 5.43 Å². The Morgan fingerprint density at radius 3 is 2.70 bits per heavy atom. The fourth-order valence-corrected chi connectivity index (χ4v) is 3.53. The van der Waals surface area contributed by atoms with Gasteiger partial charge in [0.15, 0.2) is 0 Å². The second kappa shape index (κ2) is 5.89. The maximum atomic E-state index is 5.25. The first-order valence-corrected chi connectivity index (χ1v) is 7.84. The van der Waals surface area contributed by atoms with Crippen LogP contribution in [0.3, 0.4) is 0 Å². The molecule has 0 bridgehead atoms. The third-order valence-electron chi connectivity index (χ3n) is 3.01. The van der Waals surface area contributed by atoms with Gasteiger partial charge in [-0.2, -0.15) is 5.10 Å². The van der Waals surface area contributed by atoms with Crippen LogP contribution in [-0.2, 0) is 0 Å². The van der Waals surface area contributed by atoms with E-state index in [0.717, 1.165) is 26.4 Å². The number of nitrogens with one attached hydrogen (secondary N) is 1. The number of hydrogen-bond acceptors (Lipinski definition) is 4. The molecule has 2 aromatic rings. The normalized spacial score (nSPS) is 17.5. The molecule has 0 fully saturated rings. The lowest BCUT2D eigenvalue weighted by molar-refractivity contribution is 0.412. The first-order chi connectivity index (χ1) is 9.78. The van der Waals surface area contributed by atoms with Crippen molar-refractivity contribution in [2.24, 2.45) is 5.10 Å². The summed E-state index contributed by atoms with van der Waals surface area (Å²) >= 11 is 5.23. The third-order valence-corrected chi connectivity index (χ3v) is 4.80. The zero-order valence-electron chi connectivity index (χ0n) is 10.8. The maximum absolute atomic E-state index is 5.25. The molecule has 0 saturated heterocycles. The summed E-state index contributed by atoms with van der Waals surface area (Å²) in [4.78, 5) is 0. The van der Waals surface area contributed by atoms with Gasteiger partial charge in [0.1, 0.15) is 16.2 Å². The standard InChI is InChI=1S/C15H13BrN2OS/c1-19-13-8-7-11(9-12(13)16)15-18-17-14(20-15)10-5-3-2-4-6-10/h2-9,15,18H,1H3/t15-/m1/s1. The van der Waals surface area contributed by atoms with E-state index in [9.17, 15) is 0 Å². The first-order valence-electron chi connectivity index (χ1n) is 6.16. The molecule has 3 rings (SSSR count). The molecule has 20 heavy (non-hydrogen) atoms. The molecule has 1 heterocycles. The van der Waals surface area contributed by atoms with Crippen molar-refractivity contribution in [2.45, 2.75) is 5.37 Å². The molecule has 1 atom stereocenters. The molecule has 3 nitrogen and oxygen atoms in total. The summed E-state index contributed by atoms with van der Waals surface area (Å²) < 4.78 is 6.20. The third kappa shape index (κ3) is 2.69. The fraction of sp³-hybridized carbons (Fsp3) is 0.133. The van der Waals surface area contributed by atoms with E-state index in [1.807, 2.05) is 24.3 Å². The van der Waals surface area contributed by atoms with Gasteiger partial charge in [0, 0.05) is 5.56 Å². The van der Waals surface area contributed by atoms with Crippen LogP contribution in [0.15, 0.2) is 58.1 Å². The number of rotatable bonds is 3. The first kappa shape index (κ1) is 13.5. The van der Waals surface area contributed by atoms with E-state index < -0.39 is 0 Å². The van der Waals surface area contributed by atoms with Crippen molar-refractivity contribution in [2.75, 3.05) is 7.11 Å². The highest BCUT2D eigenvalue weighted by molar-refractivity contribution is 9.10. The predicted octanol–water partition coefficient (Wildman–Crippen LogP) is 4.15. The van der Waals surface area contributed by atoms with Crippen LogP contribution in [-0.4, -0.2) is 12.2 Å². The van der Waals surface area contributed by atoms with Crippen molar-refractivity contribution in [3.05, 3.63) is 64.1 Å². The van der Waals surface area contributed by atoms with E-state index in [1.165, 1.54) is 0 Å². The van der Waals surface area contributed by atoms with Gasteiger partial charge >= 0.3 is 0 Å². The smallest absolute Gasteiger partial charge is 0.133 e. The van der Waals surface area contributed by atoms with Crippen molar-refractivity contribution >= 4 is 32.7 Å². The molecule has 1 aliphatic heterocycles. The Kier molecular flexibility index (Phi) is 3.98. The van der Waals surface area contributed by atoms with Gasteiger partial charge in [0.05, 0.1) is 11.6 Å². The zero-order chi connectivity index (χ0) is 13.9. The SMILES string of the molecule is COc1ccc([C@@H]2NN=C(c3ccccc3)S2)cc1Br. The van der Waals surface area contributed by atoms with Gasteiger partial charge in [-0.3, -0.25) is 5.43 Å². The minimum absolute atomic E-state index is 0.132. The summed E-state index contributed by atoms with van der Waals surface area (Å²) in [7, 11) is 1.67. The van der Waals surface area contributed by atoms with Crippen LogP contribution >= 0.6 is 27.7 Å². The van der Waals surface area contributed by atoms with E-state index in [1.54, 1.807) is 18.9 Å². The molecule has 0 spiro atoms. The summed E-state index contributed by atoms with van der Waals surface area (Å²) in [5.41, 5.74) is 5.48. The fourth-order valence-electron chi connectivity index (χ4n) is 1.98. The van der Waals surface area contributed by atoms with Crippen molar-refractivity contribution in [3.63, 3.8) is 0 Å². The average molecular weight is 349 g/mol. The van der Waals surface area contributed by atoms with Crippen LogP contribution in [0.25, 0.3) is 0 Å². The van der Waals surface area contributed by atoms with Gasteiger partial charge in [-0.1, -0.05) is 48.2 Å². The van der Waals surface area contributed by atoms with Crippen LogP contribution in [0.2, 0.25) is 0 Å². The number of ether oxygens (including phenoxy) is 1. The molecular formula is C15H13BrN2OS. The summed E-state index contributed by atoms with van der Waals surface area (Å²) in [5, 5.41) is 5.57. The Morgan fingerprint density at radius 2 is 2.00 bits per heavy atom. The molecule has 0 unspecified atom stereocenters. The zero-order valence-corrected chi connectivity index (χ0v) is 13.2. The van der Waals surface area contributed by atoms with E-state index in [0.29, 0.717) is 0 Å². The van der Waals surface area contributed by atoms with E-state index in [4.69, 9.17) is 4.74 Å². The van der Waals surface area contributed by atoms with Crippen molar-refractivity contribution in [3.8, 4) is 5.75 Å². The van der Waals surface area contributed by atoms with Gasteiger partial charge in [0.25, 0.3) is 0 Å². The van der Waals surface area contributed by atoms with Crippen LogP contribution < -0.4 is 10.2 Å². The lowest BCUT2D eigenvalue weighted by Crippen LogP contribution is -2.06. The Morgan fingerprint density at radius 1 is 1.20 bits per heavy atom. The van der Waals surface area contributed by atoms with Crippen LogP contribution in [0.1, 0.15) is 16.5 Å². The summed E-state index contributed by atoms with van der Waals surface area (Å²) in [6.07, 6.45) is 0. The lowest BCUT2D eigenvalue weighted by Gasteiger charge is -2.11. The molecule has 0 radical (unpaired) electrons. The summed E-state index contributed by atoms with van der Waals surface area (Å²) in [6, 6.07) is 16.3. The quantitative estimate of drug-likeness (QED) is 0.904. The summed E-state index contributed by atoms with van der Waals surface area (Å²) in [5.74, 6) is 0.834. The van der Waals surface area contributed by atoms with Gasteiger partial charge in [-0.25, -0.2) is 0 Å². The van der Waals surface area contributed by atoms with Gasteiger partial charge in [-0.05, 0) is 33.6 Å². The van der Waals surface area contributed by atoms with Gasteiger partial charge < -0.3 is 4.74 Å². The second-order valence-corrected chi connectivity index (χ2v) is 6.25. The highest BCUT2D eigenvalue weighted by Crippen LogP contribution is 2.37. The highest BCUT2D eigenvalue weighted by atomic mass is 79.9. The molecule has 1 aliphatic rings. The molecule has 5 heteroatoms. The molecule has 0 saturated carbocycles. The minimum atomic E-state index is 0.132. The van der Waals surface area contributed by atoms with E-state index in [2.05, 4.69) is 50.7 Å². The lowest BCUT2D eigenvalue weighted by atomic mass is 10.2. The van der Waals surface area contributed by atoms with Gasteiger partial charge in [-0.15, -0.1) is 0 Å².